The molecule has 0 saturated carbocycles. The molecule has 28 nitrogen and oxygen atoms in total. The number of hydrogen-bond acceptors (Lipinski definition) is 20. The minimum atomic E-state index is -1.43. The molecule has 0 fully saturated rings. The lowest BCUT2D eigenvalue weighted by molar-refractivity contribution is 0.0681. The largest absolute Gasteiger partial charge is 0.479 e. The van der Waals surface area contributed by atoms with Crippen molar-refractivity contribution in [1.82, 2.24) is 54.1 Å². The molecule has 370 valence electrons. The number of carboxylic acid groups (broad SMARTS) is 3. The number of aryl methyl sites for hydroxylation is 2. The summed E-state index contributed by atoms with van der Waals surface area (Å²) < 4.78 is 9.45. The van der Waals surface area contributed by atoms with Gasteiger partial charge in [0.25, 0.3) is 17.6 Å². The number of nitrogens with two attached hydrogens (primary N) is 2. The highest BCUT2D eigenvalue weighted by Gasteiger charge is 2.27. The van der Waals surface area contributed by atoms with Gasteiger partial charge in [-0.15, -0.1) is 20.5 Å². The molecular formula is C47H33N19O9. The molecule has 5 heterocycles. The minimum Gasteiger partial charge on any atom is -0.479 e. The first kappa shape index (κ1) is 48.5. The van der Waals surface area contributed by atoms with Crippen molar-refractivity contribution in [3.8, 4) is 63.6 Å². The van der Waals surface area contributed by atoms with E-state index in [2.05, 4.69) is 66.7 Å². The van der Waals surface area contributed by atoms with Crippen molar-refractivity contribution in [3.05, 3.63) is 142 Å². The van der Waals surface area contributed by atoms with E-state index in [1.54, 1.807) is 60.7 Å². The molecule has 5 aromatic heterocycles. The van der Waals surface area contributed by atoms with Crippen LogP contribution in [-0.4, -0.2) is 104 Å². The van der Waals surface area contributed by atoms with E-state index in [1.807, 2.05) is 0 Å². The van der Waals surface area contributed by atoms with Gasteiger partial charge in [0, 0.05) is 11.6 Å². The van der Waals surface area contributed by atoms with Crippen LogP contribution >= 0.6 is 0 Å². The first-order chi connectivity index (χ1) is 36.1. The summed E-state index contributed by atoms with van der Waals surface area (Å²) in [7, 11) is 0. The molecule has 0 unspecified atom stereocenters. The highest BCUT2D eigenvalue weighted by Crippen LogP contribution is 2.42. The lowest BCUT2D eigenvalue weighted by Crippen LogP contribution is -2.13. The fourth-order valence-electron chi connectivity index (χ4n) is 7.47. The van der Waals surface area contributed by atoms with Crippen molar-refractivity contribution in [3.63, 3.8) is 0 Å². The summed E-state index contributed by atoms with van der Waals surface area (Å²) in [5, 5.41) is 95.6. The zero-order chi connectivity index (χ0) is 53.2. The van der Waals surface area contributed by atoms with Crippen LogP contribution in [0.1, 0.15) is 48.0 Å². The van der Waals surface area contributed by atoms with Gasteiger partial charge in [0.15, 0.2) is 41.4 Å². The second kappa shape index (κ2) is 19.7. The van der Waals surface area contributed by atoms with Crippen molar-refractivity contribution in [2.45, 2.75) is 13.8 Å². The Hall–Kier alpha value is -11.5. The number of nitrogen functional groups attached to an aromatic ring is 2. The second-order valence-electron chi connectivity index (χ2n) is 15.6. The van der Waals surface area contributed by atoms with E-state index in [0.29, 0.717) is 11.1 Å². The topological polar surface area (TPSA) is 401 Å². The van der Waals surface area contributed by atoms with Gasteiger partial charge >= 0.3 is 23.9 Å². The number of aliphatic hydroxyl groups is 1. The third-order valence-corrected chi connectivity index (χ3v) is 10.9. The number of aromatic hydroxyl groups is 1. The van der Waals surface area contributed by atoms with Crippen LogP contribution in [0.5, 0.6) is 11.8 Å². The van der Waals surface area contributed by atoms with Crippen LogP contribution in [0.15, 0.2) is 118 Å². The Kier molecular flexibility index (Phi) is 12.7. The number of azo groups is 2. The molecule has 9 N–H and O–H groups in total. The van der Waals surface area contributed by atoms with E-state index in [4.69, 9.17) is 22.8 Å². The van der Waals surface area contributed by atoms with Gasteiger partial charge in [0.05, 0.1) is 46.0 Å². The summed E-state index contributed by atoms with van der Waals surface area (Å²) in [6, 6.07) is 25.5. The monoisotopic (exact) mass is 1010 g/mol. The number of carbonyl (C=O) groups is 3. The van der Waals surface area contributed by atoms with Crippen molar-refractivity contribution >= 4 is 58.2 Å². The van der Waals surface area contributed by atoms with Crippen LogP contribution < -0.4 is 16.2 Å². The Morgan fingerprint density at radius 1 is 0.653 bits per heavy atom. The zero-order valence-electron chi connectivity index (χ0n) is 38.6. The molecule has 0 saturated heterocycles. The quantitative estimate of drug-likeness (QED) is 0.0305. The number of aliphatic hydroxyl groups excluding tert-OH is 1. The number of anilines is 2. The van der Waals surface area contributed by atoms with Gasteiger partial charge < -0.3 is 41.7 Å². The average molecular weight is 1010 g/mol. The van der Waals surface area contributed by atoms with Crippen LogP contribution in [0.3, 0.4) is 0 Å². The number of rotatable bonds is 15. The summed E-state index contributed by atoms with van der Waals surface area (Å²) in [4.78, 5) is 52.3. The zero-order valence-corrected chi connectivity index (χ0v) is 38.6. The van der Waals surface area contributed by atoms with Crippen LogP contribution in [0.25, 0.3) is 50.6 Å². The van der Waals surface area contributed by atoms with Gasteiger partial charge in [0.2, 0.25) is 0 Å². The summed E-state index contributed by atoms with van der Waals surface area (Å²) in [5.41, 5.74) is 13.4. The number of ether oxygens (including phenoxy) is 1. The van der Waals surface area contributed by atoms with E-state index < -0.39 is 30.7 Å². The number of nitrogens with zero attached hydrogens (tertiary/aromatic N) is 17. The fourth-order valence-corrected chi connectivity index (χ4v) is 7.47. The van der Waals surface area contributed by atoms with Crippen LogP contribution in [0.4, 0.5) is 40.3 Å². The summed E-state index contributed by atoms with van der Waals surface area (Å²) in [6.07, 6.45) is 0. The molecule has 0 atom stereocenters. The predicted molar refractivity (Wildman–Crippen MR) is 260 cm³/mol. The van der Waals surface area contributed by atoms with Crippen LogP contribution in [0.2, 0.25) is 0 Å². The maximum absolute atomic E-state index is 12.1. The number of benzene rings is 4. The van der Waals surface area contributed by atoms with Crippen LogP contribution in [0, 0.1) is 31.8 Å². The van der Waals surface area contributed by atoms with E-state index in [9.17, 15) is 45.2 Å². The molecule has 0 radical (unpaired) electrons. The Morgan fingerprint density at radius 3 is 1.61 bits per heavy atom. The number of aromatic carboxylic acids is 3. The first-order valence-electron chi connectivity index (χ1n) is 21.5. The van der Waals surface area contributed by atoms with Gasteiger partial charge in [0.1, 0.15) is 28.8 Å². The van der Waals surface area contributed by atoms with Crippen molar-refractivity contribution in [1.29, 1.82) is 5.26 Å². The summed E-state index contributed by atoms with van der Waals surface area (Å²) >= 11 is 0. The van der Waals surface area contributed by atoms with Gasteiger partial charge in [-0.05, 0) is 49.7 Å². The molecule has 0 aliphatic carbocycles. The summed E-state index contributed by atoms with van der Waals surface area (Å²) in [6.45, 7) is 10.4. The third kappa shape index (κ3) is 9.22. The smallest absolute Gasteiger partial charge is 0.335 e. The average Bonchev–Trinajstić information content (AvgIpc) is 4.14. The molecule has 75 heavy (non-hydrogen) atoms. The third-order valence-electron chi connectivity index (χ3n) is 10.9. The van der Waals surface area contributed by atoms with Crippen molar-refractivity contribution in [2.75, 3.05) is 18.3 Å². The molecule has 28 heteroatoms. The molecule has 4 aromatic carbocycles. The normalized spacial score (nSPS) is 11.3. The fraction of sp³-hybridized carbons (Fsp3) is 0.0638. The van der Waals surface area contributed by atoms with Gasteiger partial charge in [-0.25, -0.2) is 28.6 Å². The second-order valence-corrected chi connectivity index (χ2v) is 15.6. The van der Waals surface area contributed by atoms with Gasteiger partial charge in [-0.1, -0.05) is 60.7 Å². The maximum Gasteiger partial charge on any atom is 0.335 e. The molecule has 0 aliphatic rings. The van der Waals surface area contributed by atoms with E-state index in [-0.39, 0.29) is 114 Å². The highest BCUT2D eigenvalue weighted by molar-refractivity contribution is 5.95. The van der Waals surface area contributed by atoms with Crippen molar-refractivity contribution < 1.29 is 44.7 Å². The molecule has 0 bridgehead atoms. The number of aromatic nitrogens is 11. The number of nitriles is 1. The molecular weight excluding hydrogens is 975 g/mol. The van der Waals surface area contributed by atoms with Gasteiger partial charge in [-0.3, -0.25) is 0 Å². The first-order valence-corrected chi connectivity index (χ1v) is 21.5. The number of carboxylic acids is 3. The SMILES string of the molecule is [C-]#[N+]c1c(-c2ccccc2)nn(-c2cc(C(=O)O)cc(C(=O)O)c2)c1N=Nc1c(C)nn(-c2nc(O)nc(-n3nc(C)c(N=Nc4c(C#N)c(-c5ccccc5)nn4-c4cc(OCO)cc(C(=O)O)c4)c3N)n2)c1N. The van der Waals surface area contributed by atoms with Gasteiger partial charge in [-0.2, -0.15) is 50.0 Å². The van der Waals surface area contributed by atoms with Crippen molar-refractivity contribution in [2.24, 2.45) is 20.5 Å². The van der Waals surface area contributed by atoms with Crippen LogP contribution in [-0.2, 0) is 0 Å². The molecule has 0 aliphatic heterocycles. The van der Waals surface area contributed by atoms with E-state index >= 15 is 0 Å². The maximum atomic E-state index is 12.1. The Balaban J connectivity index is 1.10. The molecule has 0 spiro atoms. The lowest BCUT2D eigenvalue weighted by Gasteiger charge is -2.09. The number of hydrogen-bond donors (Lipinski definition) is 7. The predicted octanol–water partition coefficient (Wildman–Crippen LogP) is 7.11. The molecule has 9 rings (SSSR count). The van der Waals surface area contributed by atoms with E-state index in [1.165, 1.54) is 36.7 Å². The van der Waals surface area contributed by atoms with E-state index in [0.717, 1.165) is 32.2 Å². The standard InChI is InChI=1S/C47H33N19O9/c1-22-33(55-57-40-32(20-48)35(24-10-6-4-7-11-24)61-63(40)30-17-28(44(72)73)18-31(19-30)75-21-67)38(49)65(59-22)45-52-46(54-47(74)53-45)66-39(50)34(23(2)60-66)56-58-41-37(51-3)36(25-12-8-5-9-13-25)62-64(41)29-15-26(42(68)69)14-27(16-29)43(70)71/h4-19,67H,21,49-50H2,1-2H3,(H,68,69)(H,70,71)(H,72,73)(H,52,53,54,74). The Bertz CT molecular complexity index is 3910. The molecule has 0 amide bonds. The summed E-state index contributed by atoms with van der Waals surface area (Å²) in [5.74, 6) is -5.80. The Labute approximate surface area is 419 Å². The molecule has 9 aromatic rings. The minimum absolute atomic E-state index is 0.0303. The highest BCUT2D eigenvalue weighted by atomic mass is 16.6. The Morgan fingerprint density at radius 2 is 1.12 bits per heavy atom. The lowest BCUT2D eigenvalue weighted by atomic mass is 10.1.